The molecule has 2 fully saturated rings. The van der Waals surface area contributed by atoms with Crippen LogP contribution in [0.3, 0.4) is 0 Å². The van der Waals surface area contributed by atoms with Gasteiger partial charge in [-0.3, -0.25) is 24.1 Å². The summed E-state index contributed by atoms with van der Waals surface area (Å²) in [6.45, 7) is 0.816. The van der Waals surface area contributed by atoms with Gasteiger partial charge in [-0.1, -0.05) is 31.0 Å². The first-order chi connectivity index (χ1) is 13.9. The van der Waals surface area contributed by atoms with Gasteiger partial charge >= 0.3 is 0 Å². The minimum absolute atomic E-state index is 0.0265. The van der Waals surface area contributed by atoms with Crippen LogP contribution in [-0.4, -0.2) is 47.5 Å². The Labute approximate surface area is 171 Å². The van der Waals surface area contributed by atoms with Crippen LogP contribution in [0.25, 0.3) is 0 Å². The van der Waals surface area contributed by atoms with Gasteiger partial charge in [0.15, 0.2) is 5.78 Å². The summed E-state index contributed by atoms with van der Waals surface area (Å²) in [6, 6.07) is 7.76. The van der Waals surface area contributed by atoms with Crippen LogP contribution in [0.4, 0.5) is 0 Å². The minimum atomic E-state index is -0.779. The molecule has 2 aliphatic rings. The Kier molecular flexibility index (Phi) is 6.79. The van der Waals surface area contributed by atoms with Gasteiger partial charge in [-0.05, 0) is 50.8 Å². The molecule has 1 aliphatic carbocycles. The Hall–Kier alpha value is -2.54. The number of imide groups is 1. The number of benzene rings is 1. The predicted molar refractivity (Wildman–Crippen MR) is 108 cm³/mol. The van der Waals surface area contributed by atoms with E-state index in [1.165, 1.54) is 0 Å². The summed E-state index contributed by atoms with van der Waals surface area (Å²) in [7, 11) is 0. The molecule has 3 rings (SSSR count). The molecule has 0 unspecified atom stereocenters. The highest BCUT2D eigenvalue weighted by Crippen LogP contribution is 2.42. The summed E-state index contributed by atoms with van der Waals surface area (Å²) in [4.78, 5) is 52.2. The molecule has 0 spiro atoms. The monoisotopic (exact) mass is 399 g/mol. The molecule has 0 radical (unpaired) electrons. The summed E-state index contributed by atoms with van der Waals surface area (Å²) in [5.41, 5.74) is 5.34. The molecule has 1 saturated carbocycles. The molecule has 7 heteroatoms. The number of carbonyl (C=O) groups excluding carboxylic acids is 4. The van der Waals surface area contributed by atoms with Gasteiger partial charge in [0.25, 0.3) is 5.91 Å². The number of nitrogens with one attached hydrogen (secondary N) is 1. The Balaban J connectivity index is 1.83. The molecular weight excluding hydrogens is 370 g/mol. The number of rotatable bonds is 6. The second kappa shape index (κ2) is 9.31. The van der Waals surface area contributed by atoms with E-state index in [0.29, 0.717) is 44.2 Å². The van der Waals surface area contributed by atoms with Crippen molar-refractivity contribution in [2.24, 2.45) is 11.1 Å². The predicted octanol–water partition coefficient (Wildman–Crippen LogP) is 1.80. The van der Waals surface area contributed by atoms with E-state index in [9.17, 15) is 19.2 Å². The van der Waals surface area contributed by atoms with Crippen LogP contribution >= 0.6 is 0 Å². The molecule has 29 heavy (non-hydrogen) atoms. The molecule has 7 nitrogen and oxygen atoms in total. The summed E-state index contributed by atoms with van der Waals surface area (Å²) < 4.78 is 0. The first-order valence-electron chi connectivity index (χ1n) is 10.4. The smallest absolute Gasteiger partial charge is 0.261 e. The van der Waals surface area contributed by atoms with Gasteiger partial charge in [0.05, 0.1) is 12.6 Å². The average molecular weight is 399 g/mol. The van der Waals surface area contributed by atoms with E-state index in [2.05, 4.69) is 5.32 Å². The van der Waals surface area contributed by atoms with Gasteiger partial charge in [0.2, 0.25) is 11.8 Å². The molecule has 1 heterocycles. The minimum Gasteiger partial charge on any atom is -0.369 e. The van der Waals surface area contributed by atoms with Crippen molar-refractivity contribution < 1.29 is 19.2 Å². The molecule has 1 atom stereocenters. The summed E-state index contributed by atoms with van der Waals surface area (Å²) in [5.74, 6) is -1.41. The second-order valence-electron chi connectivity index (χ2n) is 8.09. The molecule has 1 saturated heterocycles. The van der Waals surface area contributed by atoms with E-state index in [1.54, 1.807) is 30.3 Å². The molecule has 0 aromatic heterocycles. The van der Waals surface area contributed by atoms with Crippen molar-refractivity contribution in [3.05, 3.63) is 35.9 Å². The van der Waals surface area contributed by atoms with Crippen LogP contribution < -0.4 is 11.1 Å². The molecular formula is C22H29N3O4. The Morgan fingerprint density at radius 2 is 1.79 bits per heavy atom. The van der Waals surface area contributed by atoms with E-state index >= 15 is 0 Å². The molecule has 3 N–H and O–H groups in total. The zero-order valence-corrected chi connectivity index (χ0v) is 16.7. The van der Waals surface area contributed by atoms with E-state index in [-0.39, 0.29) is 24.7 Å². The molecule has 156 valence electrons. The van der Waals surface area contributed by atoms with Crippen molar-refractivity contribution in [1.29, 1.82) is 0 Å². The van der Waals surface area contributed by atoms with Crippen LogP contribution in [0.15, 0.2) is 30.3 Å². The number of ketones is 1. The normalized spacial score (nSPS) is 21.4. The maximum atomic E-state index is 13.2. The molecule has 1 aromatic rings. The van der Waals surface area contributed by atoms with Gasteiger partial charge in [0.1, 0.15) is 0 Å². The zero-order chi connectivity index (χ0) is 20.9. The van der Waals surface area contributed by atoms with E-state index < -0.39 is 23.3 Å². The number of hydrogen-bond donors (Lipinski definition) is 2. The number of Topliss-reactive ketones (excluding diaryl/α,β-unsaturated/α-hetero) is 1. The summed E-state index contributed by atoms with van der Waals surface area (Å²) in [5, 5.41) is 3.04. The average Bonchev–Trinajstić information content (AvgIpc) is 3.12. The zero-order valence-electron chi connectivity index (χ0n) is 16.7. The highest BCUT2D eigenvalue weighted by atomic mass is 16.2. The van der Waals surface area contributed by atoms with E-state index in [1.807, 2.05) is 0 Å². The van der Waals surface area contributed by atoms with Gasteiger partial charge in [-0.25, -0.2) is 0 Å². The van der Waals surface area contributed by atoms with Crippen LogP contribution in [0, 0.1) is 5.41 Å². The number of carbonyl (C=O) groups is 4. The second-order valence-corrected chi connectivity index (χ2v) is 8.09. The number of amides is 3. The summed E-state index contributed by atoms with van der Waals surface area (Å²) in [6.07, 6.45) is 4.67. The quantitative estimate of drug-likeness (QED) is 0.758. The molecule has 0 bridgehead atoms. The van der Waals surface area contributed by atoms with Crippen molar-refractivity contribution in [2.75, 3.05) is 13.1 Å². The fourth-order valence-electron chi connectivity index (χ4n) is 4.47. The lowest BCUT2D eigenvalue weighted by Crippen LogP contribution is -2.50. The molecule has 1 aromatic carbocycles. The van der Waals surface area contributed by atoms with Gasteiger partial charge < -0.3 is 11.1 Å². The highest BCUT2D eigenvalue weighted by molar-refractivity contribution is 6.08. The van der Waals surface area contributed by atoms with E-state index in [4.69, 9.17) is 5.73 Å². The maximum Gasteiger partial charge on any atom is 0.261 e. The standard InChI is InChI=1S/C22H29N3O4/c23-21(29)22(11-4-5-12-22)13-10-19(27)25(17-9-6-14-24-15-18(17)26)20(28)16-7-2-1-3-8-16/h1-3,7-8,17,24H,4-6,9-15H2,(H2,23,29)/t17-/m0/s1. The first-order valence-corrected chi connectivity index (χ1v) is 10.4. The maximum absolute atomic E-state index is 13.2. The van der Waals surface area contributed by atoms with Gasteiger partial charge in [0, 0.05) is 17.4 Å². The van der Waals surface area contributed by atoms with Crippen molar-refractivity contribution in [1.82, 2.24) is 10.2 Å². The van der Waals surface area contributed by atoms with Gasteiger partial charge in [-0.15, -0.1) is 0 Å². The van der Waals surface area contributed by atoms with E-state index in [0.717, 1.165) is 17.7 Å². The third-order valence-electron chi connectivity index (χ3n) is 6.22. The molecule has 3 amide bonds. The highest BCUT2D eigenvalue weighted by Gasteiger charge is 2.41. The summed E-state index contributed by atoms with van der Waals surface area (Å²) >= 11 is 0. The fourth-order valence-corrected chi connectivity index (χ4v) is 4.47. The number of nitrogens with two attached hydrogens (primary N) is 1. The molecule has 1 aliphatic heterocycles. The lowest BCUT2D eigenvalue weighted by Gasteiger charge is -2.30. The third-order valence-corrected chi connectivity index (χ3v) is 6.22. The third kappa shape index (κ3) is 4.72. The SMILES string of the molecule is NC(=O)C1(CCC(=O)N(C(=O)c2ccccc2)[C@H]2CCCNCC2=O)CCCC1. The first kappa shape index (κ1) is 21.2. The van der Waals surface area contributed by atoms with Crippen LogP contribution in [0.5, 0.6) is 0 Å². The Morgan fingerprint density at radius 1 is 1.10 bits per heavy atom. The number of nitrogens with zero attached hydrogens (tertiary/aromatic N) is 1. The van der Waals surface area contributed by atoms with Crippen LogP contribution in [0.2, 0.25) is 0 Å². The lowest BCUT2D eigenvalue weighted by atomic mass is 9.80. The van der Waals surface area contributed by atoms with Crippen molar-refractivity contribution in [2.45, 2.75) is 57.4 Å². The fraction of sp³-hybridized carbons (Fsp3) is 0.545. The largest absolute Gasteiger partial charge is 0.369 e. The van der Waals surface area contributed by atoms with Crippen LogP contribution in [0.1, 0.15) is 61.7 Å². The Morgan fingerprint density at radius 3 is 2.45 bits per heavy atom. The van der Waals surface area contributed by atoms with Gasteiger partial charge in [-0.2, -0.15) is 0 Å². The number of primary amides is 1. The van der Waals surface area contributed by atoms with Crippen molar-refractivity contribution >= 4 is 23.5 Å². The lowest BCUT2D eigenvalue weighted by molar-refractivity contribution is -0.137. The topological polar surface area (TPSA) is 110 Å². The van der Waals surface area contributed by atoms with Crippen molar-refractivity contribution in [3.8, 4) is 0 Å². The van der Waals surface area contributed by atoms with Crippen LogP contribution in [-0.2, 0) is 14.4 Å². The Bertz CT molecular complexity index is 772. The van der Waals surface area contributed by atoms with Crippen molar-refractivity contribution in [3.63, 3.8) is 0 Å². The number of hydrogen-bond acceptors (Lipinski definition) is 5.